The predicted octanol–water partition coefficient (Wildman–Crippen LogP) is 4.95. The van der Waals surface area contributed by atoms with Crippen molar-refractivity contribution in [2.45, 2.75) is 66.2 Å². The van der Waals surface area contributed by atoms with Crippen molar-refractivity contribution in [3.05, 3.63) is 12.2 Å². The van der Waals surface area contributed by atoms with Gasteiger partial charge in [-0.25, -0.2) is 0 Å². The number of hydrogen-bond donors (Lipinski definition) is 0. The molecule has 0 atom stereocenters. The second-order valence-corrected chi connectivity index (χ2v) is 4.16. The summed E-state index contributed by atoms with van der Waals surface area (Å²) < 4.78 is 0. The third-order valence-corrected chi connectivity index (χ3v) is 3.76. The van der Waals surface area contributed by atoms with Gasteiger partial charge in [0.1, 0.15) is 0 Å². The topological polar surface area (TPSA) is 0 Å². The molecular weight excluding hydrogens is 156 g/mol. The first-order valence-electron chi connectivity index (χ1n) is 5.80. The van der Waals surface area contributed by atoms with Crippen molar-refractivity contribution in [1.82, 2.24) is 0 Å². The van der Waals surface area contributed by atoms with Crippen LogP contribution in [0.4, 0.5) is 0 Å². The molecule has 0 heterocycles. The maximum Gasteiger partial charge on any atom is -0.0302 e. The highest BCUT2D eigenvalue weighted by Gasteiger charge is 2.22. The van der Waals surface area contributed by atoms with Crippen LogP contribution in [0.15, 0.2) is 12.2 Å². The summed E-state index contributed by atoms with van der Waals surface area (Å²) in [6.07, 6.45) is 7.66. The van der Waals surface area contributed by atoms with Crippen molar-refractivity contribution in [2.24, 2.45) is 5.41 Å². The minimum atomic E-state index is 0.595. The van der Waals surface area contributed by atoms with Crippen molar-refractivity contribution >= 4 is 0 Å². The van der Waals surface area contributed by atoms with Gasteiger partial charge in [-0.05, 0) is 24.7 Å². The van der Waals surface area contributed by atoms with Gasteiger partial charge in [-0.2, -0.15) is 0 Å². The molecule has 78 valence electrons. The van der Waals surface area contributed by atoms with Gasteiger partial charge in [0.2, 0.25) is 0 Å². The second-order valence-electron chi connectivity index (χ2n) is 4.16. The minimum Gasteiger partial charge on any atom is -0.0999 e. The molecule has 0 N–H and O–H groups in total. The Balaban J connectivity index is 4.02. The molecule has 0 rings (SSSR count). The summed E-state index contributed by atoms with van der Waals surface area (Å²) in [6, 6.07) is 0. The van der Waals surface area contributed by atoms with Crippen LogP contribution >= 0.6 is 0 Å². The molecule has 0 amide bonds. The van der Waals surface area contributed by atoms with Gasteiger partial charge < -0.3 is 0 Å². The van der Waals surface area contributed by atoms with Crippen LogP contribution in [0.1, 0.15) is 66.2 Å². The van der Waals surface area contributed by atoms with E-state index in [2.05, 4.69) is 34.3 Å². The highest BCUT2D eigenvalue weighted by molar-refractivity contribution is 4.94. The summed E-state index contributed by atoms with van der Waals surface area (Å²) in [5, 5.41) is 0. The Labute approximate surface area is 84.4 Å². The SMILES string of the molecule is C=C(CC)CCC(CC)(CC)CC. The molecular formula is C13H26. The van der Waals surface area contributed by atoms with E-state index in [1.807, 2.05) is 0 Å². The Hall–Kier alpha value is -0.260. The maximum absolute atomic E-state index is 4.08. The number of hydrogen-bond acceptors (Lipinski definition) is 0. The van der Waals surface area contributed by atoms with E-state index in [4.69, 9.17) is 0 Å². The molecule has 0 aliphatic heterocycles. The molecule has 0 unspecified atom stereocenters. The Kier molecular flexibility index (Phi) is 6.11. The van der Waals surface area contributed by atoms with Crippen LogP contribution in [0.5, 0.6) is 0 Å². The zero-order valence-electron chi connectivity index (χ0n) is 9.95. The van der Waals surface area contributed by atoms with Crippen molar-refractivity contribution in [2.75, 3.05) is 0 Å². The van der Waals surface area contributed by atoms with Crippen molar-refractivity contribution in [1.29, 1.82) is 0 Å². The molecule has 0 heteroatoms. The molecule has 0 saturated carbocycles. The summed E-state index contributed by atoms with van der Waals surface area (Å²) in [7, 11) is 0. The van der Waals surface area contributed by atoms with E-state index in [0.29, 0.717) is 5.41 Å². The molecule has 0 bridgehead atoms. The van der Waals surface area contributed by atoms with Gasteiger partial charge in [-0.3, -0.25) is 0 Å². The van der Waals surface area contributed by atoms with E-state index in [-0.39, 0.29) is 0 Å². The lowest BCUT2D eigenvalue weighted by molar-refractivity contribution is 0.228. The molecule has 0 radical (unpaired) electrons. The Morgan fingerprint density at radius 3 is 1.77 bits per heavy atom. The summed E-state index contributed by atoms with van der Waals surface area (Å²) >= 11 is 0. The predicted molar refractivity (Wildman–Crippen MR) is 62.0 cm³/mol. The molecule has 0 aliphatic carbocycles. The van der Waals surface area contributed by atoms with Crippen LogP contribution in [-0.4, -0.2) is 0 Å². The van der Waals surface area contributed by atoms with E-state index < -0.39 is 0 Å². The normalized spacial score (nSPS) is 11.7. The lowest BCUT2D eigenvalue weighted by Crippen LogP contribution is -2.17. The van der Waals surface area contributed by atoms with E-state index in [0.717, 1.165) is 6.42 Å². The minimum absolute atomic E-state index is 0.595. The Morgan fingerprint density at radius 2 is 1.46 bits per heavy atom. The van der Waals surface area contributed by atoms with Crippen molar-refractivity contribution < 1.29 is 0 Å². The molecule has 0 aromatic rings. The smallest absolute Gasteiger partial charge is 0.0302 e. The first-order valence-corrected chi connectivity index (χ1v) is 5.80. The molecule has 0 saturated heterocycles. The molecule has 0 aliphatic rings. The van der Waals surface area contributed by atoms with Gasteiger partial charge in [0.05, 0.1) is 0 Å². The standard InChI is InChI=1S/C13H26/c1-6-12(5)10-11-13(7-2,8-3)9-4/h5-11H2,1-4H3. The van der Waals surface area contributed by atoms with Gasteiger partial charge in [0.25, 0.3) is 0 Å². The molecule has 13 heavy (non-hydrogen) atoms. The zero-order chi connectivity index (χ0) is 10.3. The quantitative estimate of drug-likeness (QED) is 0.489. The zero-order valence-corrected chi connectivity index (χ0v) is 9.95. The van der Waals surface area contributed by atoms with Gasteiger partial charge in [0, 0.05) is 0 Å². The van der Waals surface area contributed by atoms with Crippen LogP contribution in [0.3, 0.4) is 0 Å². The highest BCUT2D eigenvalue weighted by Crippen LogP contribution is 2.36. The van der Waals surface area contributed by atoms with Crippen LogP contribution in [-0.2, 0) is 0 Å². The monoisotopic (exact) mass is 182 g/mol. The summed E-state index contributed by atoms with van der Waals surface area (Å²) in [6.45, 7) is 13.2. The lowest BCUT2D eigenvalue weighted by Gasteiger charge is -2.30. The largest absolute Gasteiger partial charge is 0.0999 e. The highest BCUT2D eigenvalue weighted by atomic mass is 14.3. The summed E-state index contributed by atoms with van der Waals surface area (Å²) in [5.74, 6) is 0. The number of rotatable bonds is 7. The van der Waals surface area contributed by atoms with Gasteiger partial charge in [0.15, 0.2) is 0 Å². The fourth-order valence-corrected chi connectivity index (χ4v) is 1.90. The Bertz CT molecular complexity index is 132. The van der Waals surface area contributed by atoms with Crippen LogP contribution in [0.2, 0.25) is 0 Å². The van der Waals surface area contributed by atoms with E-state index in [9.17, 15) is 0 Å². The second kappa shape index (κ2) is 6.23. The lowest BCUT2D eigenvalue weighted by atomic mass is 9.75. The molecule has 0 aromatic carbocycles. The van der Waals surface area contributed by atoms with Gasteiger partial charge in [-0.1, -0.05) is 59.1 Å². The molecule has 0 nitrogen and oxygen atoms in total. The van der Waals surface area contributed by atoms with E-state index >= 15 is 0 Å². The first-order chi connectivity index (χ1) is 6.14. The van der Waals surface area contributed by atoms with Crippen LogP contribution < -0.4 is 0 Å². The summed E-state index contributed by atoms with van der Waals surface area (Å²) in [5.41, 5.74) is 2.01. The average Bonchev–Trinajstić information content (AvgIpc) is 2.20. The van der Waals surface area contributed by atoms with Crippen molar-refractivity contribution in [3.63, 3.8) is 0 Å². The number of allylic oxidation sites excluding steroid dienone is 1. The first kappa shape index (κ1) is 12.7. The summed E-state index contributed by atoms with van der Waals surface area (Å²) in [4.78, 5) is 0. The van der Waals surface area contributed by atoms with Gasteiger partial charge >= 0.3 is 0 Å². The van der Waals surface area contributed by atoms with Crippen LogP contribution in [0, 0.1) is 5.41 Å². The van der Waals surface area contributed by atoms with Gasteiger partial charge in [-0.15, -0.1) is 0 Å². The molecule has 0 fully saturated rings. The van der Waals surface area contributed by atoms with E-state index in [1.165, 1.54) is 37.7 Å². The van der Waals surface area contributed by atoms with E-state index in [1.54, 1.807) is 0 Å². The fourth-order valence-electron chi connectivity index (χ4n) is 1.90. The third-order valence-electron chi connectivity index (χ3n) is 3.76. The van der Waals surface area contributed by atoms with Crippen LogP contribution in [0.25, 0.3) is 0 Å². The average molecular weight is 182 g/mol. The third kappa shape index (κ3) is 3.97. The fraction of sp³-hybridized carbons (Fsp3) is 0.846. The molecule has 0 aromatic heterocycles. The van der Waals surface area contributed by atoms with Crippen molar-refractivity contribution in [3.8, 4) is 0 Å². The maximum atomic E-state index is 4.08. The molecule has 0 spiro atoms. The Morgan fingerprint density at radius 1 is 1.00 bits per heavy atom.